The van der Waals surface area contributed by atoms with Crippen molar-refractivity contribution in [3.05, 3.63) is 17.0 Å². The standard InChI is InChI=1S/C7H9NOS/c1-5-3-4-7(10-5)8-6(2)9/h3-4H,1-2H3,(H,8,9). The summed E-state index contributed by atoms with van der Waals surface area (Å²) >= 11 is 1.58. The molecule has 1 N–H and O–H groups in total. The van der Waals surface area contributed by atoms with Gasteiger partial charge >= 0.3 is 0 Å². The Kier molecular flexibility index (Phi) is 2.06. The van der Waals surface area contributed by atoms with E-state index in [1.165, 1.54) is 11.8 Å². The molecule has 1 aromatic rings. The van der Waals surface area contributed by atoms with Gasteiger partial charge in [0.05, 0.1) is 5.00 Å². The maximum absolute atomic E-state index is 10.5. The molecule has 0 saturated carbocycles. The van der Waals surface area contributed by atoms with E-state index >= 15 is 0 Å². The van der Waals surface area contributed by atoms with Crippen molar-refractivity contribution in [3.63, 3.8) is 0 Å². The van der Waals surface area contributed by atoms with Crippen LogP contribution >= 0.6 is 11.3 Å². The second-order valence-electron chi connectivity index (χ2n) is 2.09. The summed E-state index contributed by atoms with van der Waals surface area (Å²) in [5.41, 5.74) is 0. The van der Waals surface area contributed by atoms with Gasteiger partial charge in [0, 0.05) is 11.8 Å². The Morgan fingerprint density at radius 3 is 2.70 bits per heavy atom. The second-order valence-corrected chi connectivity index (χ2v) is 3.38. The highest BCUT2D eigenvalue weighted by Gasteiger charge is 1.96. The van der Waals surface area contributed by atoms with Crippen molar-refractivity contribution < 1.29 is 4.79 Å². The molecule has 54 valence electrons. The number of anilines is 1. The summed E-state index contributed by atoms with van der Waals surface area (Å²) in [6.07, 6.45) is 0. The first kappa shape index (κ1) is 7.28. The first-order valence-electron chi connectivity index (χ1n) is 3.02. The molecule has 0 aromatic carbocycles. The average molecular weight is 155 g/mol. The van der Waals surface area contributed by atoms with Crippen LogP contribution in [0.5, 0.6) is 0 Å². The van der Waals surface area contributed by atoms with E-state index in [2.05, 4.69) is 5.32 Å². The van der Waals surface area contributed by atoms with Crippen LogP contribution in [-0.2, 0) is 4.79 Å². The predicted octanol–water partition coefficient (Wildman–Crippen LogP) is 2.01. The summed E-state index contributed by atoms with van der Waals surface area (Å²) in [5.74, 6) is -0.0122. The molecule has 0 radical (unpaired) electrons. The molecule has 10 heavy (non-hydrogen) atoms. The highest BCUT2D eigenvalue weighted by molar-refractivity contribution is 7.16. The number of nitrogens with one attached hydrogen (secondary N) is 1. The zero-order chi connectivity index (χ0) is 7.56. The monoisotopic (exact) mass is 155 g/mol. The van der Waals surface area contributed by atoms with Crippen molar-refractivity contribution in [3.8, 4) is 0 Å². The van der Waals surface area contributed by atoms with Crippen molar-refractivity contribution in [2.75, 3.05) is 5.32 Å². The molecule has 0 fully saturated rings. The van der Waals surface area contributed by atoms with Crippen molar-refractivity contribution in [2.45, 2.75) is 13.8 Å². The van der Waals surface area contributed by atoms with Crippen LogP contribution in [0.3, 0.4) is 0 Å². The van der Waals surface area contributed by atoms with Crippen LogP contribution in [0, 0.1) is 6.92 Å². The Hall–Kier alpha value is -0.830. The topological polar surface area (TPSA) is 29.1 Å². The van der Waals surface area contributed by atoms with Crippen molar-refractivity contribution >= 4 is 22.2 Å². The molecule has 1 amide bonds. The van der Waals surface area contributed by atoms with Crippen molar-refractivity contribution in [1.82, 2.24) is 0 Å². The van der Waals surface area contributed by atoms with E-state index in [0.29, 0.717) is 0 Å². The fourth-order valence-electron chi connectivity index (χ4n) is 0.675. The fraction of sp³-hybridized carbons (Fsp3) is 0.286. The van der Waals surface area contributed by atoms with Crippen molar-refractivity contribution in [2.24, 2.45) is 0 Å². The maximum Gasteiger partial charge on any atom is 0.221 e. The van der Waals surface area contributed by atoms with Gasteiger partial charge in [0.25, 0.3) is 0 Å². The highest BCUT2D eigenvalue weighted by atomic mass is 32.1. The lowest BCUT2D eigenvalue weighted by atomic mass is 10.5. The third kappa shape index (κ3) is 1.84. The number of rotatable bonds is 1. The van der Waals surface area contributed by atoms with Gasteiger partial charge in [-0.3, -0.25) is 4.79 Å². The number of hydrogen-bond acceptors (Lipinski definition) is 2. The van der Waals surface area contributed by atoms with Crippen LogP contribution in [0.15, 0.2) is 12.1 Å². The van der Waals surface area contributed by atoms with E-state index in [0.717, 1.165) is 5.00 Å². The van der Waals surface area contributed by atoms with E-state index < -0.39 is 0 Å². The molecular formula is C7H9NOS. The smallest absolute Gasteiger partial charge is 0.221 e. The predicted molar refractivity (Wildman–Crippen MR) is 43.4 cm³/mol. The molecule has 0 aliphatic heterocycles. The number of thiophene rings is 1. The summed E-state index contributed by atoms with van der Waals surface area (Å²) in [4.78, 5) is 11.7. The third-order valence-corrected chi connectivity index (χ3v) is 1.96. The lowest BCUT2D eigenvalue weighted by Gasteiger charge is -1.93. The van der Waals surface area contributed by atoms with E-state index in [-0.39, 0.29) is 5.91 Å². The van der Waals surface area contributed by atoms with Crippen LogP contribution in [0.1, 0.15) is 11.8 Å². The number of aryl methyl sites for hydroxylation is 1. The molecule has 0 aliphatic rings. The summed E-state index contributed by atoms with van der Waals surface area (Å²) in [6.45, 7) is 3.52. The lowest BCUT2D eigenvalue weighted by Crippen LogP contribution is -2.03. The minimum Gasteiger partial charge on any atom is -0.318 e. The fourth-order valence-corrected chi connectivity index (χ4v) is 1.49. The molecule has 0 unspecified atom stereocenters. The van der Waals surface area contributed by atoms with Gasteiger partial charge in [0.1, 0.15) is 0 Å². The molecule has 0 spiro atoms. The van der Waals surface area contributed by atoms with Crippen LogP contribution in [0.25, 0.3) is 0 Å². The number of hydrogen-bond donors (Lipinski definition) is 1. The van der Waals surface area contributed by atoms with Gasteiger partial charge in [-0.25, -0.2) is 0 Å². The molecule has 3 heteroatoms. The molecule has 0 atom stereocenters. The molecule has 1 aromatic heterocycles. The third-order valence-electron chi connectivity index (χ3n) is 1.04. The highest BCUT2D eigenvalue weighted by Crippen LogP contribution is 2.19. The van der Waals surface area contributed by atoms with Gasteiger partial charge in [-0.2, -0.15) is 0 Å². The number of amides is 1. The van der Waals surface area contributed by atoms with Gasteiger partial charge in [-0.1, -0.05) is 0 Å². The van der Waals surface area contributed by atoms with Crippen LogP contribution in [0.2, 0.25) is 0 Å². The lowest BCUT2D eigenvalue weighted by molar-refractivity contribution is -0.114. The summed E-state index contributed by atoms with van der Waals surface area (Å²) < 4.78 is 0. The van der Waals surface area contributed by atoms with Gasteiger partial charge in [-0.05, 0) is 19.1 Å². The van der Waals surface area contributed by atoms with Gasteiger partial charge in [0.2, 0.25) is 5.91 Å². The zero-order valence-corrected chi connectivity index (χ0v) is 6.79. The average Bonchev–Trinajstić information content (AvgIpc) is 2.13. The Balaban J connectivity index is 2.67. The first-order chi connectivity index (χ1) is 4.68. The Bertz CT molecular complexity index is 242. The molecule has 0 aliphatic carbocycles. The Morgan fingerprint density at radius 1 is 1.60 bits per heavy atom. The first-order valence-corrected chi connectivity index (χ1v) is 3.84. The van der Waals surface area contributed by atoms with Gasteiger partial charge < -0.3 is 5.32 Å². The maximum atomic E-state index is 10.5. The minimum absolute atomic E-state index is 0.0122. The quantitative estimate of drug-likeness (QED) is 0.660. The normalized spacial score (nSPS) is 9.40. The minimum atomic E-state index is -0.0122. The second kappa shape index (κ2) is 2.84. The summed E-state index contributed by atoms with van der Waals surface area (Å²) in [7, 11) is 0. The van der Waals surface area contributed by atoms with Gasteiger partial charge in [-0.15, -0.1) is 11.3 Å². The number of carbonyl (C=O) groups is 1. The number of carbonyl (C=O) groups excluding carboxylic acids is 1. The molecule has 1 rings (SSSR count). The molecule has 1 heterocycles. The molecule has 0 bridgehead atoms. The van der Waals surface area contributed by atoms with E-state index in [4.69, 9.17) is 0 Å². The van der Waals surface area contributed by atoms with Crippen LogP contribution in [-0.4, -0.2) is 5.91 Å². The van der Waals surface area contributed by atoms with Crippen molar-refractivity contribution in [1.29, 1.82) is 0 Å². The van der Waals surface area contributed by atoms with E-state index in [1.807, 2.05) is 19.1 Å². The molecular weight excluding hydrogens is 146 g/mol. The zero-order valence-electron chi connectivity index (χ0n) is 5.97. The Morgan fingerprint density at radius 2 is 2.30 bits per heavy atom. The Labute approximate surface area is 63.9 Å². The molecule has 0 saturated heterocycles. The van der Waals surface area contributed by atoms with E-state index in [1.54, 1.807) is 11.3 Å². The van der Waals surface area contributed by atoms with E-state index in [9.17, 15) is 4.79 Å². The molecule has 2 nitrogen and oxygen atoms in total. The van der Waals surface area contributed by atoms with Crippen LogP contribution < -0.4 is 5.32 Å². The summed E-state index contributed by atoms with van der Waals surface area (Å²) in [6, 6.07) is 3.89. The summed E-state index contributed by atoms with van der Waals surface area (Å²) in [5, 5.41) is 3.63. The largest absolute Gasteiger partial charge is 0.318 e. The van der Waals surface area contributed by atoms with Crippen LogP contribution in [0.4, 0.5) is 5.00 Å². The van der Waals surface area contributed by atoms with Gasteiger partial charge in [0.15, 0.2) is 0 Å². The SMILES string of the molecule is CC(=O)Nc1ccc(C)s1.